The van der Waals surface area contributed by atoms with Gasteiger partial charge in [0, 0.05) is 22.1 Å². The van der Waals surface area contributed by atoms with Crippen LogP contribution in [0.1, 0.15) is 5.56 Å². The molecule has 2 nitrogen and oxygen atoms in total. The lowest BCUT2D eigenvalue weighted by atomic mass is 10.0. The first-order chi connectivity index (χ1) is 6.20. The minimum atomic E-state index is 0.782. The number of anilines is 2. The molecular weight excluding hydrogens is 160 g/mol. The van der Waals surface area contributed by atoms with Gasteiger partial charge in [0.2, 0.25) is 0 Å². The average molecular weight is 172 g/mol. The van der Waals surface area contributed by atoms with Gasteiger partial charge in [-0.2, -0.15) is 0 Å². The molecule has 0 aliphatic heterocycles. The summed E-state index contributed by atoms with van der Waals surface area (Å²) < 4.78 is 0. The molecule has 0 saturated carbocycles. The van der Waals surface area contributed by atoms with Gasteiger partial charge in [0.15, 0.2) is 0 Å². The zero-order chi connectivity index (χ0) is 9.42. The topological polar surface area (TPSA) is 52.0 Å². The van der Waals surface area contributed by atoms with Crippen LogP contribution < -0.4 is 11.5 Å². The van der Waals surface area contributed by atoms with Crippen molar-refractivity contribution in [1.82, 2.24) is 0 Å². The molecule has 0 aliphatic rings. The lowest BCUT2D eigenvalue weighted by Crippen LogP contribution is -1.93. The monoisotopic (exact) mass is 172 g/mol. The first-order valence-electron chi connectivity index (χ1n) is 4.23. The molecule has 0 aliphatic carbocycles. The molecule has 2 rings (SSSR count). The van der Waals surface area contributed by atoms with E-state index >= 15 is 0 Å². The Morgan fingerprint density at radius 1 is 0.923 bits per heavy atom. The maximum absolute atomic E-state index is 5.93. The summed E-state index contributed by atoms with van der Waals surface area (Å²) in [5.74, 6) is 0. The van der Waals surface area contributed by atoms with Crippen LogP contribution in [0.5, 0.6) is 0 Å². The Morgan fingerprint density at radius 3 is 2.46 bits per heavy atom. The fourth-order valence-electron chi connectivity index (χ4n) is 1.51. The molecule has 0 aromatic heterocycles. The normalized spacial score (nSPS) is 10.5. The van der Waals surface area contributed by atoms with Crippen LogP contribution in [0.15, 0.2) is 30.3 Å². The Kier molecular flexibility index (Phi) is 1.62. The van der Waals surface area contributed by atoms with Crippen molar-refractivity contribution in [2.45, 2.75) is 6.92 Å². The molecule has 2 aromatic rings. The largest absolute Gasteiger partial charge is 0.398 e. The van der Waals surface area contributed by atoms with E-state index in [0.717, 1.165) is 27.7 Å². The molecule has 0 spiro atoms. The zero-order valence-corrected chi connectivity index (χ0v) is 7.54. The van der Waals surface area contributed by atoms with Gasteiger partial charge < -0.3 is 11.5 Å². The predicted molar refractivity (Wildman–Crippen MR) is 57.5 cm³/mol. The summed E-state index contributed by atoms with van der Waals surface area (Å²) in [5, 5.41) is 2.07. The van der Waals surface area contributed by atoms with E-state index in [2.05, 4.69) is 0 Å². The van der Waals surface area contributed by atoms with E-state index in [1.165, 1.54) is 0 Å². The van der Waals surface area contributed by atoms with E-state index in [0.29, 0.717) is 0 Å². The summed E-state index contributed by atoms with van der Waals surface area (Å²) in [7, 11) is 0. The van der Waals surface area contributed by atoms with Crippen LogP contribution in [0.3, 0.4) is 0 Å². The lowest BCUT2D eigenvalue weighted by molar-refractivity contribution is 1.50. The van der Waals surface area contributed by atoms with Gasteiger partial charge in [-0.25, -0.2) is 0 Å². The van der Waals surface area contributed by atoms with Gasteiger partial charge in [-0.1, -0.05) is 24.3 Å². The van der Waals surface area contributed by atoms with E-state index in [4.69, 9.17) is 11.5 Å². The number of nitrogens with two attached hydrogens (primary N) is 2. The van der Waals surface area contributed by atoms with Crippen molar-refractivity contribution >= 4 is 22.1 Å². The SMILES string of the molecule is Cc1ccc2c(N)cccc2c1N. The fourth-order valence-corrected chi connectivity index (χ4v) is 1.51. The smallest absolute Gasteiger partial charge is 0.0424 e. The molecule has 0 atom stereocenters. The van der Waals surface area contributed by atoms with Crippen LogP contribution in [0, 0.1) is 6.92 Å². The van der Waals surface area contributed by atoms with E-state index in [1.807, 2.05) is 37.3 Å². The van der Waals surface area contributed by atoms with Gasteiger partial charge in [0.1, 0.15) is 0 Å². The van der Waals surface area contributed by atoms with E-state index in [9.17, 15) is 0 Å². The Bertz CT molecular complexity index is 461. The molecule has 0 unspecified atom stereocenters. The van der Waals surface area contributed by atoms with Crippen molar-refractivity contribution in [3.63, 3.8) is 0 Å². The highest BCUT2D eigenvalue weighted by Gasteiger charge is 2.02. The molecule has 0 radical (unpaired) electrons. The van der Waals surface area contributed by atoms with Crippen LogP contribution in [-0.4, -0.2) is 0 Å². The standard InChI is InChI=1S/C11H12N2/c1-7-5-6-8-9(11(7)13)3-2-4-10(8)12/h2-6H,12-13H2,1H3. The highest BCUT2D eigenvalue weighted by molar-refractivity contribution is 6.00. The Hall–Kier alpha value is -1.70. The van der Waals surface area contributed by atoms with Crippen molar-refractivity contribution in [3.8, 4) is 0 Å². The molecular formula is C11H12N2. The number of hydrogen-bond donors (Lipinski definition) is 2. The van der Waals surface area contributed by atoms with Crippen molar-refractivity contribution < 1.29 is 0 Å². The summed E-state index contributed by atoms with van der Waals surface area (Å²) >= 11 is 0. The van der Waals surface area contributed by atoms with Crippen molar-refractivity contribution in [3.05, 3.63) is 35.9 Å². The number of aryl methyl sites for hydroxylation is 1. The molecule has 2 aromatic carbocycles. The molecule has 4 N–H and O–H groups in total. The fraction of sp³-hybridized carbons (Fsp3) is 0.0909. The number of benzene rings is 2. The summed E-state index contributed by atoms with van der Waals surface area (Å²) in [6.07, 6.45) is 0. The van der Waals surface area contributed by atoms with Crippen LogP contribution in [0.2, 0.25) is 0 Å². The summed E-state index contributed by atoms with van der Waals surface area (Å²) in [6, 6.07) is 9.81. The Balaban J connectivity index is 2.94. The van der Waals surface area contributed by atoms with Crippen molar-refractivity contribution in [1.29, 1.82) is 0 Å². The number of fused-ring (bicyclic) bond motifs is 1. The molecule has 0 fully saturated rings. The third-order valence-electron chi connectivity index (χ3n) is 2.35. The summed E-state index contributed by atoms with van der Waals surface area (Å²) in [5.41, 5.74) is 14.5. The average Bonchev–Trinajstić information content (AvgIpc) is 2.12. The summed E-state index contributed by atoms with van der Waals surface area (Å²) in [4.78, 5) is 0. The van der Waals surface area contributed by atoms with Crippen LogP contribution in [-0.2, 0) is 0 Å². The third-order valence-corrected chi connectivity index (χ3v) is 2.35. The van der Waals surface area contributed by atoms with Crippen molar-refractivity contribution in [2.75, 3.05) is 11.5 Å². The maximum atomic E-state index is 5.93. The second-order valence-corrected chi connectivity index (χ2v) is 3.24. The van der Waals surface area contributed by atoms with Crippen LogP contribution in [0.25, 0.3) is 10.8 Å². The van der Waals surface area contributed by atoms with Gasteiger partial charge in [0.05, 0.1) is 0 Å². The molecule has 0 saturated heterocycles. The van der Waals surface area contributed by atoms with Crippen molar-refractivity contribution in [2.24, 2.45) is 0 Å². The van der Waals surface area contributed by atoms with Gasteiger partial charge in [0.25, 0.3) is 0 Å². The predicted octanol–water partition coefficient (Wildman–Crippen LogP) is 2.31. The molecule has 2 heteroatoms. The quantitative estimate of drug-likeness (QED) is 0.599. The molecule has 0 amide bonds. The first kappa shape index (κ1) is 7.92. The van der Waals surface area contributed by atoms with E-state index in [-0.39, 0.29) is 0 Å². The molecule has 0 heterocycles. The molecule has 0 bridgehead atoms. The van der Waals surface area contributed by atoms with E-state index in [1.54, 1.807) is 0 Å². The van der Waals surface area contributed by atoms with Crippen LogP contribution in [0.4, 0.5) is 11.4 Å². The second-order valence-electron chi connectivity index (χ2n) is 3.24. The third kappa shape index (κ3) is 1.11. The zero-order valence-electron chi connectivity index (χ0n) is 7.54. The van der Waals surface area contributed by atoms with Crippen LogP contribution >= 0.6 is 0 Å². The summed E-state index contributed by atoms with van der Waals surface area (Å²) in [6.45, 7) is 2.00. The first-order valence-corrected chi connectivity index (χ1v) is 4.23. The Labute approximate surface area is 77.2 Å². The molecule has 66 valence electrons. The van der Waals surface area contributed by atoms with E-state index < -0.39 is 0 Å². The van der Waals surface area contributed by atoms with Gasteiger partial charge in [-0.3, -0.25) is 0 Å². The lowest BCUT2D eigenvalue weighted by Gasteiger charge is -2.06. The number of nitrogen functional groups attached to an aromatic ring is 2. The highest BCUT2D eigenvalue weighted by atomic mass is 14.6. The minimum Gasteiger partial charge on any atom is -0.398 e. The second kappa shape index (κ2) is 2.66. The van der Waals surface area contributed by atoms with Gasteiger partial charge >= 0.3 is 0 Å². The maximum Gasteiger partial charge on any atom is 0.0424 e. The van der Waals surface area contributed by atoms with Gasteiger partial charge in [-0.15, -0.1) is 0 Å². The minimum absolute atomic E-state index is 0.782. The number of hydrogen-bond acceptors (Lipinski definition) is 2. The van der Waals surface area contributed by atoms with Gasteiger partial charge in [-0.05, 0) is 18.6 Å². The number of rotatable bonds is 0. The highest BCUT2D eigenvalue weighted by Crippen LogP contribution is 2.27. The Morgan fingerprint density at radius 2 is 1.69 bits per heavy atom. The molecule has 13 heavy (non-hydrogen) atoms.